The highest BCUT2D eigenvalue weighted by molar-refractivity contribution is 5.87. The third-order valence-corrected chi connectivity index (χ3v) is 4.80. The number of aromatic nitrogens is 4. The Morgan fingerprint density at radius 3 is 2.23 bits per heavy atom. The molecule has 3 heterocycles. The summed E-state index contributed by atoms with van der Waals surface area (Å²) in [5, 5.41) is 6.10. The fraction of sp³-hybridized carbons (Fsp3) is 0.190. The molecule has 0 aliphatic carbocycles. The number of halogens is 2. The number of H-pyrrole nitrogens is 1. The van der Waals surface area contributed by atoms with E-state index in [9.17, 15) is 8.78 Å². The summed E-state index contributed by atoms with van der Waals surface area (Å²) in [6.07, 6.45) is 0. The second-order valence-corrected chi connectivity index (χ2v) is 7.02. The maximum Gasteiger partial charge on any atom is 0.231 e. The van der Waals surface area contributed by atoms with Crippen LogP contribution in [0, 0.1) is 11.6 Å². The van der Waals surface area contributed by atoms with Crippen molar-refractivity contribution in [3.63, 3.8) is 0 Å². The van der Waals surface area contributed by atoms with Crippen LogP contribution in [-0.2, 0) is 4.74 Å². The average molecular weight is 423 g/mol. The van der Waals surface area contributed by atoms with Crippen LogP contribution in [0.25, 0.3) is 11.2 Å². The fourth-order valence-corrected chi connectivity index (χ4v) is 3.39. The highest BCUT2D eigenvalue weighted by atomic mass is 19.1. The first-order valence-corrected chi connectivity index (χ1v) is 9.80. The number of hydrogen-bond acceptors (Lipinski definition) is 7. The third kappa shape index (κ3) is 4.24. The molecule has 0 spiro atoms. The number of morpholine rings is 1. The molecule has 0 bridgehead atoms. The summed E-state index contributed by atoms with van der Waals surface area (Å²) < 4.78 is 32.6. The molecule has 158 valence electrons. The summed E-state index contributed by atoms with van der Waals surface area (Å²) in [6, 6.07) is 12.2. The Bertz CT molecular complexity index is 1220. The molecule has 0 unspecified atom stereocenters. The zero-order valence-corrected chi connectivity index (χ0v) is 16.4. The number of aromatic amines is 1. The first-order valence-electron chi connectivity index (χ1n) is 9.80. The standard InChI is InChI=1S/C21H19F2N7O/c22-13-3-1-5-15(11-13)24-20-26-17-18(27-20)28-21(25-16-6-2-4-14(23)12-16)29-19(17)30-7-9-31-10-8-30/h1-6,11-12H,7-10H2,(H3,24,25,26,27,28,29). The number of nitrogens with one attached hydrogen (secondary N) is 3. The molecule has 5 rings (SSSR count). The Hall–Kier alpha value is -3.79. The highest BCUT2D eigenvalue weighted by Gasteiger charge is 2.20. The van der Waals surface area contributed by atoms with E-state index in [0.29, 0.717) is 66.6 Å². The largest absolute Gasteiger partial charge is 0.378 e. The molecule has 31 heavy (non-hydrogen) atoms. The highest BCUT2D eigenvalue weighted by Crippen LogP contribution is 2.28. The first kappa shape index (κ1) is 19.2. The number of fused-ring (bicyclic) bond motifs is 1. The van der Waals surface area contributed by atoms with Gasteiger partial charge in [-0.05, 0) is 36.4 Å². The molecule has 2 aromatic carbocycles. The van der Waals surface area contributed by atoms with Crippen LogP contribution in [-0.4, -0.2) is 46.2 Å². The van der Waals surface area contributed by atoms with E-state index in [0.717, 1.165) is 0 Å². The van der Waals surface area contributed by atoms with E-state index >= 15 is 0 Å². The summed E-state index contributed by atoms with van der Waals surface area (Å²) >= 11 is 0. The summed E-state index contributed by atoms with van der Waals surface area (Å²) in [6.45, 7) is 2.48. The second kappa shape index (κ2) is 8.15. The van der Waals surface area contributed by atoms with Crippen LogP contribution >= 0.6 is 0 Å². The molecule has 1 aliphatic heterocycles. The van der Waals surface area contributed by atoms with Gasteiger partial charge in [0.15, 0.2) is 17.0 Å². The van der Waals surface area contributed by atoms with Crippen molar-refractivity contribution < 1.29 is 13.5 Å². The number of anilines is 5. The molecule has 4 aromatic rings. The predicted octanol–water partition coefficient (Wildman–Crippen LogP) is 3.95. The van der Waals surface area contributed by atoms with Crippen LogP contribution in [0.4, 0.5) is 37.9 Å². The topological polar surface area (TPSA) is 91.0 Å². The van der Waals surface area contributed by atoms with Crippen molar-refractivity contribution in [2.24, 2.45) is 0 Å². The van der Waals surface area contributed by atoms with E-state index in [4.69, 9.17) is 4.74 Å². The Morgan fingerprint density at radius 1 is 0.871 bits per heavy atom. The normalized spacial score (nSPS) is 14.1. The first-order chi connectivity index (χ1) is 15.1. The molecular formula is C21H19F2N7O. The lowest BCUT2D eigenvalue weighted by molar-refractivity contribution is 0.122. The summed E-state index contributed by atoms with van der Waals surface area (Å²) in [7, 11) is 0. The van der Waals surface area contributed by atoms with Crippen molar-refractivity contribution in [2.45, 2.75) is 0 Å². The van der Waals surface area contributed by atoms with Crippen molar-refractivity contribution in [3.8, 4) is 0 Å². The molecule has 0 saturated carbocycles. The maximum absolute atomic E-state index is 13.6. The van der Waals surface area contributed by atoms with E-state index in [1.807, 2.05) is 0 Å². The van der Waals surface area contributed by atoms with E-state index < -0.39 is 0 Å². The third-order valence-electron chi connectivity index (χ3n) is 4.80. The van der Waals surface area contributed by atoms with E-state index in [2.05, 4.69) is 35.5 Å². The number of ether oxygens (including phenoxy) is 1. The van der Waals surface area contributed by atoms with E-state index in [1.165, 1.54) is 24.3 Å². The molecule has 1 fully saturated rings. The van der Waals surface area contributed by atoms with Gasteiger partial charge in [-0.15, -0.1) is 0 Å². The lowest BCUT2D eigenvalue weighted by atomic mass is 10.3. The van der Waals surface area contributed by atoms with Gasteiger partial charge in [0.25, 0.3) is 0 Å². The molecule has 8 nitrogen and oxygen atoms in total. The predicted molar refractivity (Wildman–Crippen MR) is 114 cm³/mol. The van der Waals surface area contributed by atoms with Gasteiger partial charge < -0.3 is 25.3 Å². The van der Waals surface area contributed by atoms with Crippen LogP contribution in [0.15, 0.2) is 48.5 Å². The number of imidazole rings is 1. The SMILES string of the molecule is Fc1cccc(Nc2nc(N3CCOCC3)c3nc(Nc4cccc(F)c4)[nH]c3n2)c1. The van der Waals surface area contributed by atoms with Crippen LogP contribution in [0.1, 0.15) is 0 Å². The van der Waals surface area contributed by atoms with Crippen molar-refractivity contribution in [2.75, 3.05) is 41.8 Å². The van der Waals surface area contributed by atoms with E-state index in [-0.39, 0.29) is 11.6 Å². The van der Waals surface area contributed by atoms with Gasteiger partial charge in [0, 0.05) is 24.5 Å². The summed E-state index contributed by atoms with van der Waals surface area (Å²) in [4.78, 5) is 18.9. The maximum atomic E-state index is 13.6. The van der Waals surface area contributed by atoms with Gasteiger partial charge in [0.2, 0.25) is 11.9 Å². The van der Waals surface area contributed by atoms with E-state index in [1.54, 1.807) is 24.3 Å². The summed E-state index contributed by atoms with van der Waals surface area (Å²) in [5.41, 5.74) is 2.16. The number of nitrogens with zero attached hydrogens (tertiary/aromatic N) is 4. The van der Waals surface area contributed by atoms with Crippen LogP contribution in [0.3, 0.4) is 0 Å². The molecular weight excluding hydrogens is 404 g/mol. The van der Waals surface area contributed by atoms with Crippen LogP contribution < -0.4 is 15.5 Å². The molecule has 0 atom stereocenters. The second-order valence-electron chi connectivity index (χ2n) is 7.02. The lowest BCUT2D eigenvalue weighted by Gasteiger charge is -2.28. The Balaban J connectivity index is 1.53. The fourth-order valence-electron chi connectivity index (χ4n) is 3.39. The van der Waals surface area contributed by atoms with Crippen LogP contribution in [0.2, 0.25) is 0 Å². The van der Waals surface area contributed by atoms with Gasteiger partial charge in [0.1, 0.15) is 11.6 Å². The van der Waals surface area contributed by atoms with Gasteiger partial charge in [-0.25, -0.2) is 13.8 Å². The van der Waals surface area contributed by atoms with Crippen molar-refractivity contribution in [3.05, 3.63) is 60.2 Å². The van der Waals surface area contributed by atoms with Crippen molar-refractivity contribution in [1.82, 2.24) is 19.9 Å². The van der Waals surface area contributed by atoms with Gasteiger partial charge in [-0.2, -0.15) is 9.97 Å². The minimum Gasteiger partial charge on any atom is -0.378 e. The zero-order chi connectivity index (χ0) is 21.2. The molecule has 3 N–H and O–H groups in total. The number of rotatable bonds is 5. The minimum atomic E-state index is -0.359. The molecule has 0 radical (unpaired) electrons. The van der Waals surface area contributed by atoms with Crippen molar-refractivity contribution >= 4 is 40.3 Å². The van der Waals surface area contributed by atoms with Crippen LogP contribution in [0.5, 0.6) is 0 Å². The monoisotopic (exact) mass is 423 g/mol. The minimum absolute atomic E-state index is 0.306. The molecule has 0 amide bonds. The van der Waals surface area contributed by atoms with Gasteiger partial charge in [0.05, 0.1) is 13.2 Å². The Kier molecular flexibility index (Phi) is 5.04. The van der Waals surface area contributed by atoms with Gasteiger partial charge >= 0.3 is 0 Å². The van der Waals surface area contributed by atoms with Gasteiger partial charge in [-0.1, -0.05) is 12.1 Å². The Labute approximate surface area is 176 Å². The lowest BCUT2D eigenvalue weighted by Crippen LogP contribution is -2.37. The number of hydrogen-bond donors (Lipinski definition) is 3. The molecule has 1 aliphatic rings. The quantitative estimate of drug-likeness (QED) is 0.448. The van der Waals surface area contributed by atoms with Gasteiger partial charge in [-0.3, -0.25) is 0 Å². The Morgan fingerprint density at radius 2 is 1.55 bits per heavy atom. The van der Waals surface area contributed by atoms with Crippen molar-refractivity contribution in [1.29, 1.82) is 0 Å². The summed E-state index contributed by atoms with van der Waals surface area (Å²) in [5.74, 6) is 0.641. The number of benzene rings is 2. The molecule has 10 heteroatoms. The molecule has 1 saturated heterocycles. The smallest absolute Gasteiger partial charge is 0.231 e. The zero-order valence-electron chi connectivity index (χ0n) is 16.4. The molecule has 2 aromatic heterocycles. The average Bonchev–Trinajstić information content (AvgIpc) is 3.16.